The highest BCUT2D eigenvalue weighted by Gasteiger charge is 2.22. The highest BCUT2D eigenvalue weighted by atomic mass is 32.2. The van der Waals surface area contributed by atoms with Gasteiger partial charge in [0.25, 0.3) is 10.0 Å². The van der Waals surface area contributed by atoms with Crippen molar-refractivity contribution in [2.45, 2.75) is 62.9 Å². The van der Waals surface area contributed by atoms with Crippen LogP contribution < -0.4 is 5.14 Å². The summed E-state index contributed by atoms with van der Waals surface area (Å²) in [6.07, 6.45) is 9.28. The maximum Gasteiger partial charge on any atom is 0.257 e. The molecule has 1 aliphatic rings. The predicted molar refractivity (Wildman–Crippen MR) is 69.7 cm³/mol. The first kappa shape index (κ1) is 13.5. The molecular weight excluding hydrogens is 250 g/mol. The minimum absolute atomic E-state index is 0.0107. The molecule has 5 nitrogen and oxygen atoms in total. The van der Waals surface area contributed by atoms with E-state index in [1.807, 2.05) is 4.57 Å². The van der Waals surface area contributed by atoms with Gasteiger partial charge in [-0.3, -0.25) is 0 Å². The van der Waals surface area contributed by atoms with E-state index in [1.165, 1.54) is 19.3 Å². The normalized spacial score (nSPS) is 18.1. The van der Waals surface area contributed by atoms with Crippen molar-refractivity contribution in [3.63, 3.8) is 0 Å². The van der Waals surface area contributed by atoms with Crippen LogP contribution in [0.3, 0.4) is 0 Å². The molecule has 1 aromatic heterocycles. The molecule has 0 aliphatic heterocycles. The summed E-state index contributed by atoms with van der Waals surface area (Å²) in [6.45, 7) is 2.07. The number of rotatable bonds is 4. The molecule has 0 aromatic carbocycles. The molecule has 0 atom stereocenters. The van der Waals surface area contributed by atoms with Crippen LogP contribution >= 0.6 is 0 Å². The van der Waals surface area contributed by atoms with E-state index in [-0.39, 0.29) is 5.03 Å². The van der Waals surface area contributed by atoms with Crippen LogP contribution in [0.5, 0.6) is 0 Å². The summed E-state index contributed by atoms with van der Waals surface area (Å²) in [4.78, 5) is 4.20. The van der Waals surface area contributed by atoms with Crippen LogP contribution in [0.4, 0.5) is 0 Å². The Balaban J connectivity index is 2.34. The Morgan fingerprint density at radius 1 is 1.39 bits per heavy atom. The zero-order chi connectivity index (χ0) is 13.2. The SMILES string of the molecule is CCCc1nc(S(N)(=O)=O)cn1C1CCCCC1. The minimum Gasteiger partial charge on any atom is -0.330 e. The van der Waals surface area contributed by atoms with Gasteiger partial charge in [-0.25, -0.2) is 18.5 Å². The summed E-state index contributed by atoms with van der Waals surface area (Å²) in [5.74, 6) is 0.855. The van der Waals surface area contributed by atoms with E-state index in [2.05, 4.69) is 11.9 Å². The zero-order valence-electron chi connectivity index (χ0n) is 10.8. The number of hydrogen-bond donors (Lipinski definition) is 1. The maximum absolute atomic E-state index is 11.4. The molecule has 0 amide bonds. The minimum atomic E-state index is -3.69. The number of nitrogens with two attached hydrogens (primary N) is 1. The van der Waals surface area contributed by atoms with Crippen molar-refractivity contribution in [1.29, 1.82) is 0 Å². The fraction of sp³-hybridized carbons (Fsp3) is 0.750. The smallest absolute Gasteiger partial charge is 0.257 e. The average Bonchev–Trinajstić information content (AvgIpc) is 2.75. The second-order valence-electron chi connectivity index (χ2n) is 4.99. The molecule has 0 unspecified atom stereocenters. The highest BCUT2D eigenvalue weighted by Crippen LogP contribution is 2.30. The van der Waals surface area contributed by atoms with Gasteiger partial charge >= 0.3 is 0 Å². The Morgan fingerprint density at radius 3 is 2.61 bits per heavy atom. The third-order valence-electron chi connectivity index (χ3n) is 3.52. The average molecular weight is 271 g/mol. The molecule has 18 heavy (non-hydrogen) atoms. The predicted octanol–water partition coefficient (Wildman–Crippen LogP) is 1.99. The Hall–Kier alpha value is -0.880. The van der Waals surface area contributed by atoms with E-state index < -0.39 is 10.0 Å². The fourth-order valence-corrected chi connectivity index (χ4v) is 3.12. The summed E-state index contributed by atoms with van der Waals surface area (Å²) >= 11 is 0. The molecule has 1 aliphatic carbocycles. The van der Waals surface area contributed by atoms with Crippen molar-refractivity contribution >= 4 is 10.0 Å². The number of sulfonamides is 1. The zero-order valence-corrected chi connectivity index (χ0v) is 11.6. The first-order valence-electron chi connectivity index (χ1n) is 6.63. The van der Waals surface area contributed by atoms with Crippen LogP contribution in [0, 0.1) is 0 Å². The monoisotopic (exact) mass is 271 g/mol. The van der Waals surface area contributed by atoms with E-state index >= 15 is 0 Å². The van der Waals surface area contributed by atoms with Crippen LogP contribution in [0.2, 0.25) is 0 Å². The molecule has 102 valence electrons. The molecule has 1 aromatic rings. The third-order valence-corrected chi connectivity index (χ3v) is 4.30. The quantitative estimate of drug-likeness (QED) is 0.909. The lowest BCUT2D eigenvalue weighted by Gasteiger charge is -2.24. The van der Waals surface area contributed by atoms with Gasteiger partial charge in [0, 0.05) is 18.7 Å². The highest BCUT2D eigenvalue weighted by molar-refractivity contribution is 7.89. The number of aryl methyl sites for hydroxylation is 1. The van der Waals surface area contributed by atoms with Gasteiger partial charge in [-0.1, -0.05) is 26.2 Å². The number of nitrogens with zero attached hydrogens (tertiary/aromatic N) is 2. The summed E-state index contributed by atoms with van der Waals surface area (Å²) in [7, 11) is -3.69. The second kappa shape index (κ2) is 5.40. The summed E-state index contributed by atoms with van der Waals surface area (Å²) < 4.78 is 24.8. The first-order chi connectivity index (χ1) is 8.52. The van der Waals surface area contributed by atoms with Crippen molar-refractivity contribution in [2.75, 3.05) is 0 Å². The van der Waals surface area contributed by atoms with E-state index in [0.29, 0.717) is 6.04 Å². The van der Waals surface area contributed by atoms with Gasteiger partial charge in [0.1, 0.15) is 5.82 Å². The molecule has 1 saturated carbocycles. The molecule has 6 heteroatoms. The van der Waals surface area contributed by atoms with Gasteiger partial charge in [0.2, 0.25) is 0 Å². The van der Waals surface area contributed by atoms with Crippen molar-refractivity contribution in [3.05, 3.63) is 12.0 Å². The van der Waals surface area contributed by atoms with E-state index in [9.17, 15) is 8.42 Å². The standard InChI is InChI=1S/C12H21N3O2S/c1-2-6-11-14-12(18(13,16)17)9-15(11)10-7-4-3-5-8-10/h9-10H,2-8H2,1H3,(H2,13,16,17). The molecule has 2 rings (SSSR count). The lowest BCUT2D eigenvalue weighted by atomic mass is 9.95. The number of imidazole rings is 1. The van der Waals surface area contributed by atoms with Gasteiger partial charge in [-0.2, -0.15) is 0 Å². The maximum atomic E-state index is 11.4. The number of primary sulfonamides is 1. The molecule has 0 radical (unpaired) electrons. The molecule has 0 bridgehead atoms. The van der Waals surface area contributed by atoms with Crippen molar-refractivity contribution in [3.8, 4) is 0 Å². The largest absolute Gasteiger partial charge is 0.330 e. The molecular formula is C12H21N3O2S. The van der Waals surface area contributed by atoms with Crippen molar-refractivity contribution in [1.82, 2.24) is 9.55 Å². The van der Waals surface area contributed by atoms with Crippen LogP contribution in [0.1, 0.15) is 57.3 Å². The van der Waals surface area contributed by atoms with Crippen LogP contribution in [0.25, 0.3) is 0 Å². The van der Waals surface area contributed by atoms with E-state index in [1.54, 1.807) is 6.20 Å². The number of aromatic nitrogens is 2. The summed E-state index contributed by atoms with van der Waals surface area (Å²) in [5, 5.41) is 5.17. The molecule has 0 spiro atoms. The van der Waals surface area contributed by atoms with E-state index in [4.69, 9.17) is 5.14 Å². The summed E-state index contributed by atoms with van der Waals surface area (Å²) in [5.41, 5.74) is 0. The van der Waals surface area contributed by atoms with E-state index in [0.717, 1.165) is 31.5 Å². The van der Waals surface area contributed by atoms with Gasteiger partial charge < -0.3 is 4.57 Å². The first-order valence-corrected chi connectivity index (χ1v) is 8.17. The van der Waals surface area contributed by atoms with Crippen molar-refractivity contribution < 1.29 is 8.42 Å². The molecule has 2 N–H and O–H groups in total. The summed E-state index contributed by atoms with van der Waals surface area (Å²) in [6, 6.07) is 0.392. The van der Waals surface area contributed by atoms with Gasteiger partial charge in [-0.05, 0) is 19.3 Å². The van der Waals surface area contributed by atoms with Crippen LogP contribution in [0.15, 0.2) is 11.2 Å². The van der Waals surface area contributed by atoms with Crippen molar-refractivity contribution in [2.24, 2.45) is 5.14 Å². The Bertz CT molecular complexity index is 501. The lowest BCUT2D eigenvalue weighted by Crippen LogP contribution is -2.15. The third kappa shape index (κ3) is 2.92. The molecule has 0 saturated heterocycles. The second-order valence-corrected chi connectivity index (χ2v) is 6.50. The Morgan fingerprint density at radius 2 is 2.06 bits per heavy atom. The Labute approximate surface area is 108 Å². The van der Waals surface area contributed by atoms with Gasteiger partial charge in [-0.15, -0.1) is 0 Å². The van der Waals surface area contributed by atoms with Gasteiger partial charge in [0.05, 0.1) is 0 Å². The van der Waals surface area contributed by atoms with Gasteiger partial charge in [0.15, 0.2) is 5.03 Å². The molecule has 1 fully saturated rings. The lowest BCUT2D eigenvalue weighted by molar-refractivity contribution is 0.345. The Kier molecular flexibility index (Phi) is 4.07. The topological polar surface area (TPSA) is 78.0 Å². The van der Waals surface area contributed by atoms with Crippen LogP contribution in [-0.2, 0) is 16.4 Å². The van der Waals surface area contributed by atoms with Crippen LogP contribution in [-0.4, -0.2) is 18.0 Å². The number of hydrogen-bond acceptors (Lipinski definition) is 3. The fourth-order valence-electron chi connectivity index (χ4n) is 2.63. The molecule has 1 heterocycles.